The molecular weight excluding hydrogens is 326 g/mol. The number of hydrogen-bond donors (Lipinski definition) is 0. The Hall–Kier alpha value is -2.04. The molecule has 2 aromatic rings. The van der Waals surface area contributed by atoms with Crippen molar-refractivity contribution in [1.29, 1.82) is 0 Å². The number of para-hydroxylation sites is 1. The second-order valence-corrected chi connectivity index (χ2v) is 6.78. The number of nitrogens with zero attached hydrogens (tertiary/aromatic N) is 1. The third-order valence-corrected chi connectivity index (χ3v) is 4.87. The zero-order valence-corrected chi connectivity index (χ0v) is 16.0. The number of benzene rings is 2. The highest BCUT2D eigenvalue weighted by Gasteiger charge is 2.22. The second kappa shape index (κ2) is 9.06. The summed E-state index contributed by atoms with van der Waals surface area (Å²) in [4.78, 5) is 2.49. The first-order valence-electron chi connectivity index (χ1n) is 9.40. The minimum atomic E-state index is 0.151. The summed E-state index contributed by atoms with van der Waals surface area (Å²) in [6, 6.07) is 14.2. The second-order valence-electron chi connectivity index (χ2n) is 6.78. The molecule has 0 N–H and O–H groups in total. The lowest BCUT2D eigenvalue weighted by Gasteiger charge is -2.33. The molecule has 1 heterocycles. The van der Waals surface area contributed by atoms with Gasteiger partial charge in [0.25, 0.3) is 0 Å². The van der Waals surface area contributed by atoms with Crippen molar-refractivity contribution in [3.63, 3.8) is 0 Å². The summed E-state index contributed by atoms with van der Waals surface area (Å²) in [5.41, 5.74) is 3.52. The van der Waals surface area contributed by atoms with Gasteiger partial charge in [-0.1, -0.05) is 31.2 Å². The van der Waals surface area contributed by atoms with Gasteiger partial charge in [-0.25, -0.2) is 0 Å². The van der Waals surface area contributed by atoms with E-state index in [-0.39, 0.29) is 6.10 Å². The summed E-state index contributed by atoms with van der Waals surface area (Å²) < 4.78 is 17.4. The largest absolute Gasteiger partial charge is 0.496 e. The predicted molar refractivity (Wildman–Crippen MR) is 104 cm³/mol. The van der Waals surface area contributed by atoms with E-state index < -0.39 is 0 Å². The quantitative estimate of drug-likeness (QED) is 0.738. The van der Waals surface area contributed by atoms with Crippen molar-refractivity contribution in [1.82, 2.24) is 4.90 Å². The van der Waals surface area contributed by atoms with Crippen LogP contribution in [-0.2, 0) is 11.3 Å². The van der Waals surface area contributed by atoms with Crippen LogP contribution in [0.1, 0.15) is 36.1 Å². The van der Waals surface area contributed by atoms with Gasteiger partial charge < -0.3 is 14.2 Å². The van der Waals surface area contributed by atoms with Crippen LogP contribution in [0, 0.1) is 6.92 Å². The molecule has 4 heteroatoms. The molecule has 1 unspecified atom stereocenters. The molecule has 0 bridgehead atoms. The van der Waals surface area contributed by atoms with Crippen molar-refractivity contribution < 1.29 is 14.2 Å². The molecule has 0 amide bonds. The fourth-order valence-electron chi connectivity index (χ4n) is 3.49. The molecule has 1 fully saturated rings. The zero-order valence-electron chi connectivity index (χ0n) is 16.0. The molecule has 0 saturated carbocycles. The van der Waals surface area contributed by atoms with Crippen LogP contribution in [0.2, 0.25) is 0 Å². The van der Waals surface area contributed by atoms with Crippen molar-refractivity contribution >= 4 is 0 Å². The van der Waals surface area contributed by atoms with Crippen molar-refractivity contribution in [2.24, 2.45) is 0 Å². The van der Waals surface area contributed by atoms with Gasteiger partial charge in [0, 0.05) is 18.7 Å². The highest BCUT2D eigenvalue weighted by atomic mass is 16.5. The van der Waals surface area contributed by atoms with Gasteiger partial charge in [-0.2, -0.15) is 0 Å². The minimum Gasteiger partial charge on any atom is -0.496 e. The van der Waals surface area contributed by atoms with Gasteiger partial charge >= 0.3 is 0 Å². The normalized spacial score (nSPS) is 17.9. The molecule has 0 radical (unpaired) electrons. The van der Waals surface area contributed by atoms with Crippen molar-refractivity contribution in [3.05, 3.63) is 59.2 Å². The van der Waals surface area contributed by atoms with Gasteiger partial charge in [-0.15, -0.1) is 0 Å². The average Bonchev–Trinajstić information content (AvgIpc) is 2.67. The zero-order chi connectivity index (χ0) is 18.4. The van der Waals surface area contributed by atoms with Crippen LogP contribution >= 0.6 is 0 Å². The fourth-order valence-corrected chi connectivity index (χ4v) is 3.49. The first kappa shape index (κ1) is 18.7. The van der Waals surface area contributed by atoms with E-state index in [0.717, 1.165) is 43.3 Å². The monoisotopic (exact) mass is 355 g/mol. The van der Waals surface area contributed by atoms with Crippen LogP contribution in [0.5, 0.6) is 11.5 Å². The molecule has 0 aromatic heterocycles. The van der Waals surface area contributed by atoms with Gasteiger partial charge in [0.1, 0.15) is 18.1 Å². The molecule has 2 aromatic carbocycles. The van der Waals surface area contributed by atoms with E-state index in [9.17, 15) is 0 Å². The molecule has 1 atom stereocenters. The van der Waals surface area contributed by atoms with Crippen LogP contribution in [0.3, 0.4) is 0 Å². The summed E-state index contributed by atoms with van der Waals surface area (Å²) >= 11 is 0. The summed E-state index contributed by atoms with van der Waals surface area (Å²) in [5, 5.41) is 0. The molecule has 26 heavy (non-hydrogen) atoms. The van der Waals surface area contributed by atoms with Crippen LogP contribution in [0.25, 0.3) is 0 Å². The number of rotatable bonds is 7. The smallest absolute Gasteiger partial charge is 0.125 e. The van der Waals surface area contributed by atoms with Crippen LogP contribution in [0.15, 0.2) is 42.5 Å². The molecular formula is C22H29NO3. The number of methoxy groups -OCH3 is 1. The lowest BCUT2D eigenvalue weighted by Crippen LogP contribution is -2.38. The Morgan fingerprint density at radius 1 is 1.19 bits per heavy atom. The maximum Gasteiger partial charge on any atom is 0.125 e. The van der Waals surface area contributed by atoms with Crippen LogP contribution < -0.4 is 9.47 Å². The van der Waals surface area contributed by atoms with Gasteiger partial charge in [-0.3, -0.25) is 4.90 Å². The predicted octanol–water partition coefficient (Wildman–Crippen LogP) is 4.37. The van der Waals surface area contributed by atoms with Crippen molar-refractivity contribution in [2.75, 3.05) is 33.4 Å². The minimum absolute atomic E-state index is 0.151. The fraction of sp³-hybridized carbons (Fsp3) is 0.455. The molecule has 3 rings (SSSR count). The topological polar surface area (TPSA) is 30.9 Å². The Kier molecular flexibility index (Phi) is 6.53. The van der Waals surface area contributed by atoms with Gasteiger partial charge in [0.2, 0.25) is 0 Å². The lowest BCUT2D eigenvalue weighted by atomic mass is 10.0. The van der Waals surface area contributed by atoms with Crippen LogP contribution in [-0.4, -0.2) is 38.3 Å². The standard InChI is InChI=1S/C22H29NO3/c1-4-11-23-12-13-25-22(15-23)20-10-9-19(14-17(20)2)26-16-18-7-5-6-8-21(18)24-3/h5-10,14,22H,4,11-13,15-16H2,1-3H3. The van der Waals surface area contributed by atoms with E-state index in [4.69, 9.17) is 14.2 Å². The Labute approximate surface area is 156 Å². The average molecular weight is 355 g/mol. The van der Waals surface area contributed by atoms with E-state index in [1.165, 1.54) is 17.5 Å². The Morgan fingerprint density at radius 2 is 2.04 bits per heavy atom. The highest BCUT2D eigenvalue weighted by molar-refractivity contribution is 5.37. The maximum atomic E-state index is 6.02. The van der Waals surface area contributed by atoms with E-state index in [1.807, 2.05) is 30.3 Å². The number of aryl methyl sites for hydroxylation is 1. The molecule has 1 aliphatic heterocycles. The highest BCUT2D eigenvalue weighted by Crippen LogP contribution is 2.28. The van der Waals surface area contributed by atoms with Gasteiger partial charge in [-0.05, 0) is 49.2 Å². The van der Waals surface area contributed by atoms with Gasteiger partial charge in [0.05, 0.1) is 19.8 Å². The Morgan fingerprint density at radius 3 is 2.81 bits per heavy atom. The summed E-state index contributed by atoms with van der Waals surface area (Å²) in [5.74, 6) is 1.73. The SMILES string of the molecule is CCCN1CCOC(c2ccc(OCc3ccccc3OC)cc2C)C1. The molecule has 4 nitrogen and oxygen atoms in total. The number of ether oxygens (including phenoxy) is 3. The summed E-state index contributed by atoms with van der Waals surface area (Å²) in [7, 11) is 1.68. The third kappa shape index (κ3) is 4.57. The first-order chi connectivity index (χ1) is 12.7. The summed E-state index contributed by atoms with van der Waals surface area (Å²) in [6.07, 6.45) is 1.33. The van der Waals surface area contributed by atoms with E-state index >= 15 is 0 Å². The molecule has 1 aliphatic rings. The Bertz CT molecular complexity index is 714. The van der Waals surface area contributed by atoms with Crippen molar-refractivity contribution in [3.8, 4) is 11.5 Å². The third-order valence-electron chi connectivity index (χ3n) is 4.87. The van der Waals surface area contributed by atoms with E-state index in [0.29, 0.717) is 6.61 Å². The van der Waals surface area contributed by atoms with Crippen LogP contribution in [0.4, 0.5) is 0 Å². The number of morpholine rings is 1. The maximum absolute atomic E-state index is 6.02. The van der Waals surface area contributed by atoms with Crippen molar-refractivity contribution in [2.45, 2.75) is 33.0 Å². The first-order valence-corrected chi connectivity index (χ1v) is 9.40. The lowest BCUT2D eigenvalue weighted by molar-refractivity contribution is -0.0301. The molecule has 0 aliphatic carbocycles. The molecule has 1 saturated heterocycles. The number of hydrogen-bond acceptors (Lipinski definition) is 4. The molecule has 140 valence electrons. The van der Waals surface area contributed by atoms with E-state index in [2.05, 4.69) is 30.9 Å². The van der Waals surface area contributed by atoms with E-state index in [1.54, 1.807) is 7.11 Å². The Balaban J connectivity index is 1.65. The van der Waals surface area contributed by atoms with Gasteiger partial charge in [0.15, 0.2) is 0 Å². The summed E-state index contributed by atoms with van der Waals surface area (Å²) in [6.45, 7) is 8.79. The molecule has 0 spiro atoms.